The van der Waals surface area contributed by atoms with Crippen LogP contribution in [0, 0.1) is 13.1 Å². The number of benzene rings is 2. The molecule has 0 aliphatic carbocycles. The van der Waals surface area contributed by atoms with Gasteiger partial charge in [-0.05, 0) is 43.7 Å². The number of carbonyl (C=O) groups excluding carboxylic acids is 3. The van der Waals surface area contributed by atoms with Crippen LogP contribution in [-0.2, 0) is 30.0 Å². The number of amides is 2. The average molecular weight is 782 g/mol. The first-order chi connectivity index (χ1) is 25.7. The number of phosphoric acid groups is 1. The Balaban J connectivity index is 1.46. The van der Waals surface area contributed by atoms with E-state index in [4.69, 9.17) is 49.7 Å². The van der Waals surface area contributed by atoms with Gasteiger partial charge in [-0.15, -0.1) is 4.52 Å². The highest BCUT2D eigenvalue weighted by molar-refractivity contribution is 7.46. The molecule has 1 fully saturated rings. The van der Waals surface area contributed by atoms with Gasteiger partial charge in [-0.1, -0.05) is 35.4 Å². The van der Waals surface area contributed by atoms with E-state index in [0.717, 1.165) is 4.90 Å². The van der Waals surface area contributed by atoms with Crippen LogP contribution in [0.25, 0.3) is 15.3 Å². The fourth-order valence-corrected chi connectivity index (χ4v) is 6.11. The van der Waals surface area contributed by atoms with E-state index >= 15 is 0 Å². The van der Waals surface area contributed by atoms with Crippen molar-refractivity contribution in [2.45, 2.75) is 26.3 Å². The van der Waals surface area contributed by atoms with Gasteiger partial charge in [-0.3, -0.25) is 24.3 Å². The van der Waals surface area contributed by atoms with E-state index in [0.29, 0.717) is 44.0 Å². The second-order valence-corrected chi connectivity index (χ2v) is 13.1. The molecule has 0 saturated carbocycles. The van der Waals surface area contributed by atoms with Crippen LogP contribution in [0.4, 0.5) is 39.4 Å². The van der Waals surface area contributed by atoms with Gasteiger partial charge in [0.25, 0.3) is 17.4 Å². The Labute approximate surface area is 312 Å². The van der Waals surface area contributed by atoms with Gasteiger partial charge in [-0.25, -0.2) is 24.1 Å². The van der Waals surface area contributed by atoms with Gasteiger partial charge in [0, 0.05) is 38.4 Å². The summed E-state index contributed by atoms with van der Waals surface area (Å²) in [6, 6.07) is 7.70. The van der Waals surface area contributed by atoms with Crippen LogP contribution in [-0.4, -0.2) is 97.8 Å². The number of nitrogens with two attached hydrogens (primary N) is 1. The number of phosphoric ester groups is 1. The van der Waals surface area contributed by atoms with Gasteiger partial charge >= 0.3 is 19.9 Å². The number of piperazine rings is 1. The second-order valence-electron chi connectivity index (χ2n) is 11.5. The van der Waals surface area contributed by atoms with Crippen LogP contribution in [0.3, 0.4) is 0 Å². The number of primary amides is 1. The van der Waals surface area contributed by atoms with Gasteiger partial charge in [0.2, 0.25) is 12.7 Å². The standard InChI is InChI=1S/C32H33ClN11O9P/c1-5-37-29-30-38-17-25(36-4)44(30)40-31(39-29)43(32(47)52-18-51-26(45)14-20-6-8-22(9-7-20)53-54(48,49)50)24-16-21(35-3)15-23(27(24)33)42-12-10-41(11-13-42)19(2)28(34)46/h6-9,15-17,19H,5,10-14,18H2,1-2H3,(H2,34,46)(H,37,39,40)(H2,48,49,50)/t19-/m0/s1. The number of nitrogens with one attached hydrogen (secondary N) is 1. The highest BCUT2D eigenvalue weighted by Gasteiger charge is 2.32. The molecule has 1 aliphatic heterocycles. The molecule has 0 unspecified atom stereocenters. The zero-order chi connectivity index (χ0) is 39.2. The number of halogens is 1. The van der Waals surface area contributed by atoms with E-state index in [1.54, 1.807) is 19.9 Å². The number of ether oxygens (including phenoxy) is 2. The van der Waals surface area contributed by atoms with Crippen molar-refractivity contribution in [3.05, 3.63) is 76.0 Å². The summed E-state index contributed by atoms with van der Waals surface area (Å²) in [4.78, 5) is 76.8. The summed E-state index contributed by atoms with van der Waals surface area (Å²) in [5, 5.41) is 7.46. The Morgan fingerprint density at radius 3 is 2.43 bits per heavy atom. The molecule has 3 heterocycles. The van der Waals surface area contributed by atoms with E-state index in [-0.39, 0.29) is 51.8 Å². The molecule has 0 radical (unpaired) electrons. The number of fused-ring (bicyclic) bond motifs is 1. The molecule has 4 aromatic rings. The topological polar surface area (TPSA) is 236 Å². The molecule has 54 heavy (non-hydrogen) atoms. The number of aromatic nitrogens is 4. The second kappa shape index (κ2) is 16.8. The first kappa shape index (κ1) is 39.2. The van der Waals surface area contributed by atoms with E-state index in [9.17, 15) is 18.9 Å². The van der Waals surface area contributed by atoms with Crippen LogP contribution < -0.4 is 25.4 Å². The molecule has 1 atom stereocenters. The van der Waals surface area contributed by atoms with Gasteiger partial charge in [0.15, 0.2) is 11.5 Å². The van der Waals surface area contributed by atoms with Crippen LogP contribution in [0.2, 0.25) is 5.02 Å². The Kier molecular flexibility index (Phi) is 12.2. The van der Waals surface area contributed by atoms with Crippen molar-refractivity contribution in [1.29, 1.82) is 0 Å². The lowest BCUT2D eigenvalue weighted by Crippen LogP contribution is -2.53. The molecule has 1 saturated heterocycles. The lowest BCUT2D eigenvalue weighted by atomic mass is 10.1. The maximum absolute atomic E-state index is 14.0. The van der Waals surface area contributed by atoms with Crippen molar-refractivity contribution in [2.75, 3.05) is 54.6 Å². The van der Waals surface area contributed by atoms with Gasteiger partial charge in [0.05, 0.1) is 35.9 Å². The Morgan fingerprint density at radius 2 is 1.81 bits per heavy atom. The Hall–Kier alpha value is -6.02. The van der Waals surface area contributed by atoms with Crippen molar-refractivity contribution in [3.63, 3.8) is 0 Å². The predicted molar refractivity (Wildman–Crippen MR) is 194 cm³/mol. The number of carbonyl (C=O) groups is 3. The van der Waals surface area contributed by atoms with Gasteiger partial charge in [-0.2, -0.15) is 4.98 Å². The summed E-state index contributed by atoms with van der Waals surface area (Å²) in [5.41, 5.74) is 6.53. The first-order valence-electron chi connectivity index (χ1n) is 16.1. The molecule has 5 rings (SSSR count). The Morgan fingerprint density at radius 1 is 1.11 bits per heavy atom. The van der Waals surface area contributed by atoms with Crippen LogP contribution in [0.5, 0.6) is 5.75 Å². The summed E-state index contributed by atoms with van der Waals surface area (Å²) in [6.07, 6.45) is -0.175. The molecular weight excluding hydrogens is 749 g/mol. The average Bonchev–Trinajstić information content (AvgIpc) is 3.56. The quantitative estimate of drug-likeness (QED) is 0.0654. The predicted octanol–water partition coefficient (Wildman–Crippen LogP) is 3.80. The largest absolute Gasteiger partial charge is 0.524 e. The molecule has 1 aliphatic rings. The summed E-state index contributed by atoms with van der Waals surface area (Å²) in [5.74, 6) is -1.56. The minimum absolute atomic E-state index is 0.00105. The zero-order valence-electron chi connectivity index (χ0n) is 28.7. The van der Waals surface area contributed by atoms with Crippen LogP contribution in [0.15, 0.2) is 42.6 Å². The fourth-order valence-electron chi connectivity index (χ4n) is 5.40. The van der Waals surface area contributed by atoms with Crippen LogP contribution in [0.1, 0.15) is 19.4 Å². The van der Waals surface area contributed by atoms with E-state index < -0.39 is 38.6 Å². The number of esters is 1. The first-order valence-corrected chi connectivity index (χ1v) is 18.0. The summed E-state index contributed by atoms with van der Waals surface area (Å²) in [6.45, 7) is 20.1. The van der Waals surface area contributed by atoms with E-state index in [2.05, 4.69) is 34.6 Å². The monoisotopic (exact) mass is 781 g/mol. The third kappa shape index (κ3) is 9.12. The number of rotatable bonds is 13. The summed E-state index contributed by atoms with van der Waals surface area (Å²) >= 11 is 7.03. The number of imidazole rings is 1. The number of nitrogens with zero attached hydrogens (tertiary/aromatic N) is 9. The molecule has 0 bridgehead atoms. The summed E-state index contributed by atoms with van der Waals surface area (Å²) < 4.78 is 27.3. The lowest BCUT2D eigenvalue weighted by molar-refractivity contribution is -0.150. The number of anilines is 4. The zero-order valence-corrected chi connectivity index (χ0v) is 30.4. The van der Waals surface area contributed by atoms with Crippen molar-refractivity contribution in [1.82, 2.24) is 24.5 Å². The van der Waals surface area contributed by atoms with E-state index in [1.165, 1.54) is 41.0 Å². The van der Waals surface area contributed by atoms with Gasteiger partial charge in [0.1, 0.15) is 5.75 Å². The molecule has 20 nitrogen and oxygen atoms in total. The molecule has 5 N–H and O–H groups in total. The molecule has 2 amide bonds. The van der Waals surface area contributed by atoms with Crippen molar-refractivity contribution >= 4 is 77.7 Å². The van der Waals surface area contributed by atoms with Crippen molar-refractivity contribution in [2.24, 2.45) is 5.73 Å². The normalized spacial score (nSPS) is 13.7. The SMILES string of the molecule is [C-]#[N+]c1cc(N2CCN([C@@H](C)C(N)=O)CC2)c(Cl)c(N(C(=O)OCOC(=O)Cc2ccc(OP(=O)(O)O)cc2)c2nc(NCC)c3ncc([N+]#[C-])n3n2)c1. The highest BCUT2D eigenvalue weighted by Crippen LogP contribution is 2.43. The molecular formula is C32H33ClN11O9P. The third-order valence-electron chi connectivity index (χ3n) is 8.08. The number of hydrogen-bond acceptors (Lipinski definition) is 13. The van der Waals surface area contributed by atoms with Crippen LogP contribution >= 0.6 is 19.4 Å². The maximum Gasteiger partial charge on any atom is 0.524 e. The summed E-state index contributed by atoms with van der Waals surface area (Å²) in [7, 11) is -4.77. The lowest BCUT2D eigenvalue weighted by Gasteiger charge is -2.39. The van der Waals surface area contributed by atoms with Crippen molar-refractivity contribution in [3.8, 4) is 5.75 Å². The van der Waals surface area contributed by atoms with E-state index in [1.807, 2.05) is 9.80 Å². The molecule has 0 spiro atoms. The maximum atomic E-state index is 14.0. The molecule has 2 aromatic carbocycles. The number of hydrogen-bond donors (Lipinski definition) is 4. The Bertz CT molecular complexity index is 2190. The van der Waals surface area contributed by atoms with Crippen molar-refractivity contribution < 1.29 is 42.7 Å². The molecule has 2 aromatic heterocycles. The minimum Gasteiger partial charge on any atom is -0.428 e. The fraction of sp³-hybridized carbons (Fsp3) is 0.312. The van der Waals surface area contributed by atoms with Gasteiger partial charge < -0.3 is 34.8 Å². The highest BCUT2D eigenvalue weighted by atomic mass is 35.5. The minimum atomic E-state index is -4.77. The third-order valence-corrected chi connectivity index (χ3v) is 8.91. The molecule has 22 heteroatoms. The smallest absolute Gasteiger partial charge is 0.428 e. The molecule has 282 valence electrons.